The Morgan fingerprint density at radius 3 is 2.53 bits per heavy atom. The summed E-state index contributed by atoms with van der Waals surface area (Å²) in [4.78, 5) is 26.2. The minimum absolute atomic E-state index is 0. The molecule has 1 aliphatic heterocycles. The Morgan fingerprint density at radius 1 is 1.24 bits per heavy atom. The molecule has 17 heavy (non-hydrogen) atoms. The second-order valence-electron chi connectivity index (χ2n) is 3.74. The quantitative estimate of drug-likeness (QED) is 0.773. The second kappa shape index (κ2) is 5.05. The molecule has 0 radical (unpaired) electrons. The van der Waals surface area contributed by atoms with Crippen molar-refractivity contribution >= 4 is 35.7 Å². The zero-order valence-electron chi connectivity index (χ0n) is 9.42. The predicted molar refractivity (Wildman–Crippen MR) is 68.2 cm³/mol. The van der Waals surface area contributed by atoms with Crippen molar-refractivity contribution in [1.82, 2.24) is 4.90 Å². The van der Waals surface area contributed by atoms with Crippen LogP contribution in [0.1, 0.15) is 6.42 Å². The maximum Gasteiger partial charge on any atom is 0.331 e. The standard InChI is InChI=1S/C11H13N3O2.ClH/c1-13-7-6-10(15)14(11(13)16)9-5-3-2-4-8(9)12;/h2-5H,6-7,12H2,1H3;1H. The smallest absolute Gasteiger partial charge is 0.331 e. The van der Waals surface area contributed by atoms with Gasteiger partial charge in [0.25, 0.3) is 0 Å². The van der Waals surface area contributed by atoms with E-state index in [1.54, 1.807) is 31.3 Å². The van der Waals surface area contributed by atoms with E-state index in [1.807, 2.05) is 0 Å². The average molecular weight is 256 g/mol. The molecule has 0 atom stereocenters. The van der Waals surface area contributed by atoms with E-state index in [4.69, 9.17) is 5.73 Å². The average Bonchev–Trinajstić information content (AvgIpc) is 2.27. The molecule has 1 aliphatic rings. The molecule has 1 aromatic carbocycles. The highest BCUT2D eigenvalue weighted by Gasteiger charge is 2.31. The summed E-state index contributed by atoms with van der Waals surface area (Å²) < 4.78 is 0. The van der Waals surface area contributed by atoms with Crippen LogP contribution in [-0.2, 0) is 4.79 Å². The topological polar surface area (TPSA) is 66.6 Å². The van der Waals surface area contributed by atoms with Gasteiger partial charge < -0.3 is 10.6 Å². The van der Waals surface area contributed by atoms with Gasteiger partial charge in [0, 0.05) is 20.0 Å². The molecule has 0 saturated carbocycles. The van der Waals surface area contributed by atoms with Crippen molar-refractivity contribution in [2.75, 3.05) is 24.2 Å². The van der Waals surface area contributed by atoms with Crippen LogP contribution in [0.15, 0.2) is 24.3 Å². The first kappa shape index (κ1) is 13.3. The normalized spacial score (nSPS) is 15.8. The van der Waals surface area contributed by atoms with Crippen molar-refractivity contribution in [3.05, 3.63) is 24.3 Å². The van der Waals surface area contributed by atoms with Gasteiger partial charge in [0.05, 0.1) is 11.4 Å². The maximum absolute atomic E-state index is 11.9. The second-order valence-corrected chi connectivity index (χ2v) is 3.74. The molecule has 0 bridgehead atoms. The van der Waals surface area contributed by atoms with Gasteiger partial charge in [-0.3, -0.25) is 4.79 Å². The minimum atomic E-state index is -0.325. The Hall–Kier alpha value is -1.75. The number of urea groups is 1. The first-order valence-electron chi connectivity index (χ1n) is 5.04. The van der Waals surface area contributed by atoms with Gasteiger partial charge in [0.2, 0.25) is 5.91 Å². The van der Waals surface area contributed by atoms with E-state index in [0.29, 0.717) is 24.3 Å². The van der Waals surface area contributed by atoms with Gasteiger partial charge in [0.1, 0.15) is 0 Å². The highest BCUT2D eigenvalue weighted by molar-refractivity contribution is 6.17. The molecule has 2 rings (SSSR count). The highest BCUT2D eigenvalue weighted by Crippen LogP contribution is 2.26. The van der Waals surface area contributed by atoms with Crippen molar-refractivity contribution in [2.24, 2.45) is 0 Å². The fourth-order valence-corrected chi connectivity index (χ4v) is 1.68. The van der Waals surface area contributed by atoms with E-state index in [1.165, 1.54) is 4.90 Å². The van der Waals surface area contributed by atoms with E-state index >= 15 is 0 Å². The molecule has 92 valence electrons. The fourth-order valence-electron chi connectivity index (χ4n) is 1.68. The van der Waals surface area contributed by atoms with Gasteiger partial charge in [-0.2, -0.15) is 0 Å². The molecule has 6 heteroatoms. The number of rotatable bonds is 1. The molecule has 1 saturated heterocycles. The van der Waals surface area contributed by atoms with Crippen molar-refractivity contribution in [2.45, 2.75) is 6.42 Å². The SMILES string of the molecule is CN1CCC(=O)N(c2ccccc2N)C1=O.Cl. The number of halogens is 1. The molecule has 0 unspecified atom stereocenters. The summed E-state index contributed by atoms with van der Waals surface area (Å²) >= 11 is 0. The van der Waals surface area contributed by atoms with E-state index in [9.17, 15) is 9.59 Å². The van der Waals surface area contributed by atoms with Crippen LogP contribution in [0.2, 0.25) is 0 Å². The van der Waals surface area contributed by atoms with Gasteiger partial charge in [-0.15, -0.1) is 12.4 Å². The van der Waals surface area contributed by atoms with Crippen molar-refractivity contribution in [3.8, 4) is 0 Å². The first-order chi connectivity index (χ1) is 7.61. The summed E-state index contributed by atoms with van der Waals surface area (Å²) in [5.41, 5.74) is 6.65. The monoisotopic (exact) mass is 255 g/mol. The van der Waals surface area contributed by atoms with Crippen molar-refractivity contribution < 1.29 is 9.59 Å². The van der Waals surface area contributed by atoms with Gasteiger partial charge in [-0.1, -0.05) is 12.1 Å². The molecule has 0 spiro atoms. The summed E-state index contributed by atoms with van der Waals surface area (Å²) in [6.45, 7) is 0.459. The third-order valence-electron chi connectivity index (χ3n) is 2.61. The Kier molecular flexibility index (Phi) is 3.96. The van der Waals surface area contributed by atoms with Crippen LogP contribution in [0.25, 0.3) is 0 Å². The Labute approximate surface area is 106 Å². The lowest BCUT2D eigenvalue weighted by molar-refractivity contribution is -0.119. The lowest BCUT2D eigenvalue weighted by Crippen LogP contribution is -2.51. The van der Waals surface area contributed by atoms with E-state index in [2.05, 4.69) is 0 Å². The van der Waals surface area contributed by atoms with Crippen LogP contribution in [0.5, 0.6) is 0 Å². The molecule has 0 aromatic heterocycles. The van der Waals surface area contributed by atoms with Crippen molar-refractivity contribution in [1.29, 1.82) is 0 Å². The van der Waals surface area contributed by atoms with Crippen LogP contribution in [0, 0.1) is 0 Å². The van der Waals surface area contributed by atoms with Crippen LogP contribution < -0.4 is 10.6 Å². The van der Waals surface area contributed by atoms with Gasteiger partial charge in [-0.05, 0) is 12.1 Å². The number of benzene rings is 1. The van der Waals surface area contributed by atoms with Gasteiger partial charge in [0.15, 0.2) is 0 Å². The minimum Gasteiger partial charge on any atom is -0.397 e. The molecule has 1 fully saturated rings. The number of nitrogens with zero attached hydrogens (tertiary/aromatic N) is 2. The number of imide groups is 1. The van der Waals surface area contributed by atoms with E-state index in [-0.39, 0.29) is 24.3 Å². The van der Waals surface area contributed by atoms with Crippen LogP contribution in [0.3, 0.4) is 0 Å². The summed E-state index contributed by atoms with van der Waals surface area (Å²) in [5, 5.41) is 0. The highest BCUT2D eigenvalue weighted by atomic mass is 35.5. The number of hydrogen-bond acceptors (Lipinski definition) is 3. The molecule has 1 heterocycles. The number of carbonyl (C=O) groups excluding carboxylic acids is 2. The van der Waals surface area contributed by atoms with E-state index in [0.717, 1.165) is 4.90 Å². The van der Waals surface area contributed by atoms with Gasteiger partial charge >= 0.3 is 6.03 Å². The predicted octanol–water partition coefficient (Wildman–Crippen LogP) is 1.48. The third kappa shape index (κ3) is 2.34. The number of anilines is 2. The number of carbonyl (C=O) groups is 2. The number of para-hydroxylation sites is 2. The molecule has 2 N–H and O–H groups in total. The lowest BCUT2D eigenvalue weighted by Gasteiger charge is -2.32. The Bertz CT molecular complexity index is 450. The Morgan fingerprint density at radius 2 is 1.88 bits per heavy atom. The van der Waals surface area contributed by atoms with Crippen LogP contribution in [-0.4, -0.2) is 30.4 Å². The number of amides is 3. The summed E-state index contributed by atoms with van der Waals surface area (Å²) in [6.07, 6.45) is 0.330. The number of hydrogen-bond donors (Lipinski definition) is 1. The Balaban J connectivity index is 0.00000144. The largest absolute Gasteiger partial charge is 0.397 e. The van der Waals surface area contributed by atoms with Crippen LogP contribution in [0.4, 0.5) is 16.2 Å². The van der Waals surface area contributed by atoms with Gasteiger partial charge in [-0.25, -0.2) is 9.69 Å². The lowest BCUT2D eigenvalue weighted by atomic mass is 10.2. The summed E-state index contributed by atoms with van der Waals surface area (Å²) in [6, 6.07) is 6.53. The fraction of sp³-hybridized carbons (Fsp3) is 0.273. The number of nitrogen functional groups attached to an aromatic ring is 1. The summed E-state index contributed by atoms with van der Waals surface area (Å²) in [7, 11) is 1.67. The molecule has 3 amide bonds. The van der Waals surface area contributed by atoms with E-state index < -0.39 is 0 Å². The third-order valence-corrected chi connectivity index (χ3v) is 2.61. The molecule has 1 aromatic rings. The zero-order chi connectivity index (χ0) is 11.7. The van der Waals surface area contributed by atoms with Crippen molar-refractivity contribution in [3.63, 3.8) is 0 Å². The molecular formula is C11H14ClN3O2. The molecule has 0 aliphatic carbocycles. The number of nitrogens with two attached hydrogens (primary N) is 1. The zero-order valence-corrected chi connectivity index (χ0v) is 10.2. The first-order valence-corrected chi connectivity index (χ1v) is 5.04. The summed E-state index contributed by atoms with van der Waals surface area (Å²) in [5.74, 6) is -0.207. The molecular weight excluding hydrogens is 242 g/mol. The van der Waals surface area contributed by atoms with Crippen LogP contribution >= 0.6 is 12.4 Å². The maximum atomic E-state index is 11.9. The molecule has 5 nitrogen and oxygen atoms in total.